The molecule has 15 N–H and O–H groups in total. The van der Waals surface area contributed by atoms with Gasteiger partial charge in [0, 0.05) is 55.5 Å². The van der Waals surface area contributed by atoms with Crippen LogP contribution < -0.4 is 16.0 Å². The van der Waals surface area contributed by atoms with E-state index in [-0.39, 0.29) is 183 Å². The number of nitrogens with one attached hydrogen (secondary N) is 3. The lowest BCUT2D eigenvalue weighted by molar-refractivity contribution is -0.176. The molecule has 84 heavy (non-hydrogen) atoms. The molecule has 0 saturated carbocycles. The second kappa shape index (κ2) is 42.9. The maximum absolute atomic E-state index is 13.8. The average Bonchev–Trinajstić information content (AvgIpc) is 2.90. The number of aliphatic hydroxyl groups excluding tert-OH is 12. The number of carbonyl (C=O) groups is 6. The van der Waals surface area contributed by atoms with Gasteiger partial charge in [0.2, 0.25) is 17.7 Å². The second-order valence-electron chi connectivity index (χ2n) is 22.7. The highest BCUT2D eigenvalue weighted by Crippen LogP contribution is 2.48. The van der Waals surface area contributed by atoms with Crippen molar-refractivity contribution in [2.45, 2.75) is 121 Å². The molecule has 0 saturated heterocycles. The maximum Gasteiger partial charge on any atom is 0.313 e. The fraction of sp³-hybridized carbons (Fsp3) is 0.889. The molecule has 0 bridgehead atoms. The Labute approximate surface area is 496 Å². The van der Waals surface area contributed by atoms with Crippen molar-refractivity contribution in [1.82, 2.24) is 45.3 Å². The first-order chi connectivity index (χ1) is 39.6. The van der Waals surface area contributed by atoms with Crippen molar-refractivity contribution in [3.05, 3.63) is 0 Å². The van der Waals surface area contributed by atoms with Gasteiger partial charge in [-0.2, -0.15) is 0 Å². The van der Waals surface area contributed by atoms with Gasteiger partial charge < -0.3 is 91.4 Å². The van der Waals surface area contributed by atoms with Crippen LogP contribution in [0.25, 0.3) is 0 Å². The number of hydrogen-bond acceptors (Lipinski definition) is 27. The highest BCUT2D eigenvalue weighted by atomic mass is 16.6. The Balaban J connectivity index is 0. The lowest BCUT2D eigenvalue weighted by Gasteiger charge is -2.42. The van der Waals surface area contributed by atoms with E-state index >= 15 is 0 Å². The van der Waals surface area contributed by atoms with Gasteiger partial charge in [0.05, 0.1) is 116 Å². The quantitative estimate of drug-likeness (QED) is 0.0159. The fourth-order valence-electron chi connectivity index (χ4n) is 9.43. The molecule has 0 fully saturated rings. The van der Waals surface area contributed by atoms with Crippen LogP contribution in [0.1, 0.15) is 121 Å². The summed E-state index contributed by atoms with van der Waals surface area (Å²) in [7, 11) is 0. The summed E-state index contributed by atoms with van der Waals surface area (Å²) in [5, 5.41) is 120. The molecule has 0 rings (SSSR count). The third-order valence-electron chi connectivity index (χ3n) is 15.6. The normalized spacial score (nSPS) is 16.1. The summed E-state index contributed by atoms with van der Waals surface area (Å²) >= 11 is 0. The largest absolute Gasteiger partial charge is 0.449 e. The number of amides is 3. The Kier molecular flexibility index (Phi) is 41.9. The first-order valence-electron chi connectivity index (χ1n) is 28.6. The van der Waals surface area contributed by atoms with Crippen LogP contribution in [0.4, 0.5) is 0 Å². The van der Waals surface area contributed by atoms with E-state index in [1.807, 2.05) is 13.8 Å². The fourth-order valence-corrected chi connectivity index (χ4v) is 9.43. The first kappa shape index (κ1) is 82.2. The summed E-state index contributed by atoms with van der Waals surface area (Å²) < 4.78 is 16.4. The van der Waals surface area contributed by atoms with E-state index in [1.165, 1.54) is 29.4 Å². The van der Waals surface area contributed by atoms with Crippen molar-refractivity contribution in [1.29, 1.82) is 0 Å². The van der Waals surface area contributed by atoms with Gasteiger partial charge in [-0.25, -0.2) is 14.7 Å². The minimum absolute atomic E-state index is 0.00864. The summed E-state index contributed by atoms with van der Waals surface area (Å²) in [6.07, 6.45) is 1.14. The topological polar surface area (TPSA) is 428 Å². The van der Waals surface area contributed by atoms with Gasteiger partial charge in [-0.1, -0.05) is 48.5 Å². The smallest absolute Gasteiger partial charge is 0.313 e. The van der Waals surface area contributed by atoms with Gasteiger partial charge in [-0.3, -0.25) is 43.5 Å². The molecule has 0 aliphatic rings. The Morgan fingerprint density at radius 3 is 0.726 bits per heavy atom. The Hall–Kier alpha value is -3.90. The monoisotopic (exact) mass is 1220 g/mol. The zero-order valence-corrected chi connectivity index (χ0v) is 51.9. The number of carbonyl (C=O) groups excluding carboxylic acids is 6. The summed E-state index contributed by atoms with van der Waals surface area (Å²) in [4.78, 5) is 89.2. The van der Waals surface area contributed by atoms with Crippen LogP contribution in [-0.2, 0) is 43.0 Å². The molecule has 0 radical (unpaired) electrons. The van der Waals surface area contributed by atoms with E-state index in [4.69, 9.17) is 24.4 Å². The molecule has 0 aromatic rings. The molecule has 4 atom stereocenters. The highest BCUT2D eigenvalue weighted by molar-refractivity contribution is 5.88. The zero-order valence-electron chi connectivity index (χ0n) is 51.9. The molecule has 30 nitrogen and oxygen atoms in total. The number of hydrogen-bond donors (Lipinski definition) is 15. The van der Waals surface area contributed by atoms with Crippen LogP contribution in [0.2, 0.25) is 0 Å². The number of rotatable bonds is 48. The summed E-state index contributed by atoms with van der Waals surface area (Å²) in [6, 6.07) is 0. The minimum atomic E-state index is -1.45. The van der Waals surface area contributed by atoms with Gasteiger partial charge in [0.15, 0.2) is 0 Å². The SMILES string of the molecule is CCC(C)(CC(C)(CC(C)(CC)C(=O)NCN(CO)CCO)C(=O)NCN(CO)CCO)C(=O)NCN(CO)CCO.CCC(C)(CC(C)(CC(C)(CC)C(=O)OCN(CO)CCO)C(=O)OCN(CO)CCO)C(=O)OCN(CO)CCO. The molecular formula is C54H109N9O21. The van der Waals surface area contributed by atoms with Crippen LogP contribution in [0.3, 0.4) is 0 Å². The van der Waals surface area contributed by atoms with E-state index in [1.54, 1.807) is 55.4 Å². The first-order valence-corrected chi connectivity index (χ1v) is 28.6. The molecule has 4 unspecified atom stereocenters. The number of aliphatic hydroxyl groups is 12. The van der Waals surface area contributed by atoms with Crippen LogP contribution in [0, 0.1) is 32.5 Å². The van der Waals surface area contributed by atoms with Gasteiger partial charge in [-0.05, 0) is 72.1 Å². The van der Waals surface area contributed by atoms with Crippen molar-refractivity contribution in [2.75, 3.05) is 159 Å². The predicted molar refractivity (Wildman–Crippen MR) is 305 cm³/mol. The van der Waals surface area contributed by atoms with Crippen LogP contribution >= 0.6 is 0 Å². The number of ether oxygens (including phenoxy) is 3. The molecule has 30 heteroatoms. The Morgan fingerprint density at radius 1 is 0.310 bits per heavy atom. The van der Waals surface area contributed by atoms with E-state index in [0.29, 0.717) is 12.8 Å². The van der Waals surface area contributed by atoms with E-state index < -0.39 is 83.2 Å². The lowest BCUT2D eigenvalue weighted by atomic mass is 9.63. The highest BCUT2D eigenvalue weighted by Gasteiger charge is 2.52. The number of nitrogens with zero attached hydrogens (tertiary/aromatic N) is 6. The Bertz CT molecular complexity index is 1650. The van der Waals surface area contributed by atoms with Crippen molar-refractivity contribution >= 4 is 35.6 Å². The minimum Gasteiger partial charge on any atom is -0.449 e. The molecule has 0 aromatic carbocycles. The number of esters is 3. The molecule has 0 aliphatic heterocycles. The van der Waals surface area contributed by atoms with E-state index in [9.17, 15) is 79.8 Å². The molecular weight excluding hydrogens is 1110 g/mol. The van der Waals surface area contributed by atoms with Gasteiger partial charge in [0.25, 0.3) is 0 Å². The summed E-state index contributed by atoms with van der Waals surface area (Å²) in [5.74, 6) is -3.20. The third kappa shape index (κ3) is 28.3. The predicted octanol–water partition coefficient (Wildman–Crippen LogP) is -3.60. The van der Waals surface area contributed by atoms with Crippen molar-refractivity contribution in [2.24, 2.45) is 32.5 Å². The molecule has 496 valence electrons. The lowest BCUT2D eigenvalue weighted by Crippen LogP contribution is -2.53. The summed E-state index contributed by atoms with van der Waals surface area (Å²) in [5.41, 5.74) is -7.29. The molecule has 0 aromatic heterocycles. The van der Waals surface area contributed by atoms with Crippen LogP contribution in [-0.4, -0.2) is 286 Å². The second-order valence-corrected chi connectivity index (χ2v) is 22.7. The van der Waals surface area contributed by atoms with Gasteiger partial charge in [-0.15, -0.1) is 0 Å². The van der Waals surface area contributed by atoms with E-state index in [0.717, 1.165) is 0 Å². The van der Waals surface area contributed by atoms with Gasteiger partial charge in [0.1, 0.15) is 20.2 Å². The summed E-state index contributed by atoms with van der Waals surface area (Å²) in [6.45, 7) is 12.8. The average molecular weight is 1220 g/mol. The van der Waals surface area contributed by atoms with E-state index in [2.05, 4.69) is 16.0 Å². The standard InChI is InChI=1S/C27H56N6O9.C27H53N3O12/c1-6-25(3,22(40)28-16-31(19-37)8-11-34)14-27(5,24(42)30-18-33(21-39)10-13-36)15-26(4,7-2)23(41)29-17-32(20-38)9-12-35;1-6-25(3,22(37)40-19-28(16-34)8-11-31)14-27(5,24(39)42-21-30(18-36)10-13-33)15-26(4,7-2)23(38)41-20-29(17-35)9-12-32/h34-39H,6-21H2,1-5H3,(H,28,40)(H,29,41)(H,30,42);31-36H,6-21H2,1-5H3. The van der Waals surface area contributed by atoms with Crippen molar-refractivity contribution in [3.8, 4) is 0 Å². The van der Waals surface area contributed by atoms with Crippen LogP contribution in [0.15, 0.2) is 0 Å². The maximum atomic E-state index is 13.8. The van der Waals surface area contributed by atoms with Crippen LogP contribution in [0.5, 0.6) is 0 Å². The van der Waals surface area contributed by atoms with Crippen molar-refractivity contribution < 1.29 is 104 Å². The third-order valence-corrected chi connectivity index (χ3v) is 15.6. The molecule has 3 amide bonds. The zero-order chi connectivity index (χ0) is 64.8. The molecule has 0 spiro atoms. The van der Waals surface area contributed by atoms with Crippen molar-refractivity contribution in [3.63, 3.8) is 0 Å². The molecule has 0 heterocycles. The molecule has 0 aliphatic carbocycles. The Morgan fingerprint density at radius 2 is 0.512 bits per heavy atom. The van der Waals surface area contributed by atoms with Gasteiger partial charge >= 0.3 is 17.9 Å².